The molecule has 0 saturated carbocycles. The first kappa shape index (κ1) is 10.4. The van der Waals surface area contributed by atoms with Crippen LogP contribution < -0.4 is 5.73 Å². The van der Waals surface area contributed by atoms with Crippen molar-refractivity contribution in [2.45, 2.75) is 20.0 Å². The molecule has 0 bridgehead atoms. The molecule has 0 saturated heterocycles. The average molecular weight is 229 g/mol. The molecule has 0 spiro atoms. The predicted molar refractivity (Wildman–Crippen MR) is 66.1 cm³/mol. The Morgan fingerprint density at radius 1 is 1.35 bits per heavy atom. The van der Waals surface area contributed by atoms with Crippen LogP contribution in [0.4, 0.5) is 5.82 Å². The number of nitrogens with two attached hydrogens (primary N) is 1. The fourth-order valence-corrected chi connectivity index (χ4v) is 2.26. The van der Waals surface area contributed by atoms with Crippen molar-refractivity contribution in [3.8, 4) is 5.69 Å². The lowest BCUT2D eigenvalue weighted by Crippen LogP contribution is -2.13. The molecule has 0 unspecified atom stereocenters. The van der Waals surface area contributed by atoms with Crippen LogP contribution in [0.1, 0.15) is 16.8 Å². The minimum absolute atomic E-state index is 0.576. The van der Waals surface area contributed by atoms with Gasteiger partial charge in [-0.05, 0) is 18.6 Å². The van der Waals surface area contributed by atoms with Gasteiger partial charge in [0.05, 0.1) is 24.6 Å². The summed E-state index contributed by atoms with van der Waals surface area (Å²) < 4.78 is 7.38. The molecule has 0 radical (unpaired) electrons. The SMILES string of the molecule is Cc1ccccc1-n1nc(N)c2c1CCOC2. The number of ether oxygens (including phenoxy) is 1. The monoisotopic (exact) mass is 229 g/mol. The standard InChI is InChI=1S/C13H15N3O/c1-9-4-2-3-5-11(9)16-12-6-7-17-8-10(12)13(14)15-16/h2-5H,6-8H2,1H3,(H2,14,15). The second-order valence-electron chi connectivity index (χ2n) is 4.31. The van der Waals surface area contributed by atoms with Gasteiger partial charge in [0.1, 0.15) is 0 Å². The van der Waals surface area contributed by atoms with Gasteiger partial charge in [0.25, 0.3) is 0 Å². The molecule has 2 heterocycles. The number of nitrogen functional groups attached to an aromatic ring is 1. The minimum Gasteiger partial charge on any atom is -0.382 e. The van der Waals surface area contributed by atoms with Crippen molar-refractivity contribution in [1.29, 1.82) is 0 Å². The number of rotatable bonds is 1. The molecule has 0 fully saturated rings. The highest BCUT2D eigenvalue weighted by Gasteiger charge is 2.20. The zero-order valence-corrected chi connectivity index (χ0v) is 9.81. The molecule has 17 heavy (non-hydrogen) atoms. The number of hydrogen-bond donors (Lipinski definition) is 1. The van der Waals surface area contributed by atoms with Crippen LogP contribution in [0.25, 0.3) is 5.69 Å². The smallest absolute Gasteiger partial charge is 0.151 e. The van der Waals surface area contributed by atoms with E-state index in [9.17, 15) is 0 Å². The fraction of sp³-hybridized carbons (Fsp3) is 0.308. The Bertz CT molecular complexity index is 560. The fourth-order valence-electron chi connectivity index (χ4n) is 2.26. The molecule has 1 aromatic heterocycles. The predicted octanol–water partition coefficient (Wildman–Crippen LogP) is 1.84. The summed E-state index contributed by atoms with van der Waals surface area (Å²) in [5.41, 5.74) is 10.5. The molecular weight excluding hydrogens is 214 g/mol. The maximum absolute atomic E-state index is 5.94. The topological polar surface area (TPSA) is 53.1 Å². The lowest BCUT2D eigenvalue weighted by molar-refractivity contribution is 0.110. The molecule has 2 aromatic rings. The number of para-hydroxylation sites is 1. The van der Waals surface area contributed by atoms with E-state index in [1.807, 2.05) is 16.8 Å². The average Bonchev–Trinajstić information content (AvgIpc) is 2.68. The molecule has 88 valence electrons. The molecule has 4 nitrogen and oxygen atoms in total. The van der Waals surface area contributed by atoms with Crippen LogP contribution in [-0.2, 0) is 17.8 Å². The third-order valence-corrected chi connectivity index (χ3v) is 3.19. The minimum atomic E-state index is 0.576. The second-order valence-corrected chi connectivity index (χ2v) is 4.31. The molecule has 4 heteroatoms. The Labute approximate surface area is 100 Å². The molecule has 0 atom stereocenters. The number of fused-ring (bicyclic) bond motifs is 1. The van der Waals surface area contributed by atoms with E-state index in [-0.39, 0.29) is 0 Å². The molecule has 3 rings (SSSR count). The molecule has 1 aliphatic rings. The van der Waals surface area contributed by atoms with Crippen molar-refractivity contribution in [1.82, 2.24) is 9.78 Å². The van der Waals surface area contributed by atoms with E-state index in [1.54, 1.807) is 0 Å². The van der Waals surface area contributed by atoms with Gasteiger partial charge in [0.2, 0.25) is 0 Å². The van der Waals surface area contributed by atoms with E-state index in [0.717, 1.165) is 24.3 Å². The Balaban J connectivity index is 2.19. The maximum atomic E-state index is 5.94. The highest BCUT2D eigenvalue weighted by molar-refractivity contribution is 5.49. The lowest BCUT2D eigenvalue weighted by atomic mass is 10.1. The highest BCUT2D eigenvalue weighted by atomic mass is 16.5. The van der Waals surface area contributed by atoms with Crippen LogP contribution >= 0.6 is 0 Å². The summed E-state index contributed by atoms with van der Waals surface area (Å²) in [5.74, 6) is 0.586. The molecule has 1 aliphatic heterocycles. The van der Waals surface area contributed by atoms with Crippen LogP contribution in [0.15, 0.2) is 24.3 Å². The largest absolute Gasteiger partial charge is 0.382 e. The van der Waals surface area contributed by atoms with Gasteiger partial charge in [0.15, 0.2) is 5.82 Å². The van der Waals surface area contributed by atoms with Gasteiger partial charge < -0.3 is 10.5 Å². The Kier molecular flexibility index (Phi) is 2.37. The summed E-state index contributed by atoms with van der Waals surface area (Å²) in [6.07, 6.45) is 0.869. The number of aryl methyl sites for hydroxylation is 1. The zero-order chi connectivity index (χ0) is 11.8. The Morgan fingerprint density at radius 3 is 3.00 bits per heavy atom. The molecule has 0 aliphatic carbocycles. The van der Waals surface area contributed by atoms with Crippen molar-refractivity contribution in [2.24, 2.45) is 0 Å². The number of nitrogens with zero attached hydrogens (tertiary/aromatic N) is 2. The van der Waals surface area contributed by atoms with Gasteiger partial charge in [-0.3, -0.25) is 0 Å². The van der Waals surface area contributed by atoms with Gasteiger partial charge in [-0.2, -0.15) is 5.10 Å². The van der Waals surface area contributed by atoms with E-state index in [4.69, 9.17) is 10.5 Å². The van der Waals surface area contributed by atoms with Crippen molar-refractivity contribution >= 4 is 5.82 Å². The summed E-state index contributed by atoms with van der Waals surface area (Å²) in [6.45, 7) is 3.40. The molecule has 2 N–H and O–H groups in total. The number of hydrogen-bond acceptors (Lipinski definition) is 3. The van der Waals surface area contributed by atoms with E-state index >= 15 is 0 Å². The van der Waals surface area contributed by atoms with Crippen molar-refractivity contribution < 1.29 is 4.74 Å². The van der Waals surface area contributed by atoms with Crippen LogP contribution in [0, 0.1) is 6.92 Å². The highest BCUT2D eigenvalue weighted by Crippen LogP contribution is 2.26. The quantitative estimate of drug-likeness (QED) is 0.811. The van der Waals surface area contributed by atoms with Gasteiger partial charge in [-0.15, -0.1) is 0 Å². The first-order valence-corrected chi connectivity index (χ1v) is 5.77. The van der Waals surface area contributed by atoms with Crippen molar-refractivity contribution in [3.63, 3.8) is 0 Å². The molecule has 0 amide bonds. The van der Waals surface area contributed by atoms with Crippen molar-refractivity contribution in [2.75, 3.05) is 12.3 Å². The third-order valence-electron chi connectivity index (χ3n) is 3.19. The number of aromatic nitrogens is 2. The van der Waals surface area contributed by atoms with Crippen LogP contribution in [0.5, 0.6) is 0 Å². The summed E-state index contributed by atoms with van der Waals surface area (Å²) in [5, 5.41) is 4.44. The Hall–Kier alpha value is -1.81. The lowest BCUT2D eigenvalue weighted by Gasteiger charge is -2.15. The summed E-state index contributed by atoms with van der Waals surface area (Å²) in [7, 11) is 0. The van der Waals surface area contributed by atoms with E-state index in [1.165, 1.54) is 11.3 Å². The van der Waals surface area contributed by atoms with Gasteiger partial charge in [-0.1, -0.05) is 18.2 Å². The van der Waals surface area contributed by atoms with E-state index in [2.05, 4.69) is 24.2 Å². The van der Waals surface area contributed by atoms with Gasteiger partial charge in [0, 0.05) is 12.0 Å². The molecular formula is C13H15N3O. The molecule has 1 aromatic carbocycles. The van der Waals surface area contributed by atoms with E-state index in [0.29, 0.717) is 12.4 Å². The van der Waals surface area contributed by atoms with Crippen molar-refractivity contribution in [3.05, 3.63) is 41.1 Å². The first-order valence-electron chi connectivity index (χ1n) is 5.77. The summed E-state index contributed by atoms with van der Waals surface area (Å²) >= 11 is 0. The maximum Gasteiger partial charge on any atom is 0.151 e. The summed E-state index contributed by atoms with van der Waals surface area (Å²) in [6, 6.07) is 8.20. The Morgan fingerprint density at radius 2 is 2.18 bits per heavy atom. The van der Waals surface area contributed by atoms with Crippen LogP contribution in [0.3, 0.4) is 0 Å². The van der Waals surface area contributed by atoms with Crippen LogP contribution in [-0.4, -0.2) is 16.4 Å². The zero-order valence-electron chi connectivity index (χ0n) is 9.81. The number of anilines is 1. The summed E-state index contributed by atoms with van der Waals surface area (Å²) in [4.78, 5) is 0. The van der Waals surface area contributed by atoms with Crippen LogP contribution in [0.2, 0.25) is 0 Å². The van der Waals surface area contributed by atoms with Gasteiger partial charge in [-0.25, -0.2) is 4.68 Å². The van der Waals surface area contributed by atoms with E-state index < -0.39 is 0 Å². The van der Waals surface area contributed by atoms with Gasteiger partial charge >= 0.3 is 0 Å². The number of benzene rings is 1. The third kappa shape index (κ3) is 1.61. The normalized spacial score (nSPS) is 14.6. The second kappa shape index (κ2) is 3.89. The first-order chi connectivity index (χ1) is 8.27.